The van der Waals surface area contributed by atoms with E-state index < -0.39 is 0 Å². The van der Waals surface area contributed by atoms with Crippen LogP contribution >= 0.6 is 0 Å². The maximum Gasteiger partial charge on any atom is 0.253 e. The Balaban J connectivity index is 1.26. The van der Waals surface area contributed by atoms with Crippen LogP contribution in [-0.2, 0) is 0 Å². The summed E-state index contributed by atoms with van der Waals surface area (Å²) in [5, 5.41) is 3.69. The average Bonchev–Trinajstić information content (AvgIpc) is 3.31. The smallest absolute Gasteiger partial charge is 0.253 e. The molecule has 190 valence electrons. The summed E-state index contributed by atoms with van der Waals surface area (Å²) in [4.78, 5) is 17.6. The van der Waals surface area contributed by atoms with Crippen LogP contribution in [0.25, 0.3) is 22.0 Å². The van der Waals surface area contributed by atoms with Gasteiger partial charge in [-0.3, -0.25) is 4.79 Å². The summed E-state index contributed by atoms with van der Waals surface area (Å²) in [6.07, 6.45) is 9.64. The number of nitrogens with zero attached hydrogens (tertiary/aromatic N) is 2. The molecule has 2 fully saturated rings. The fraction of sp³-hybridized carbons (Fsp3) is 0.355. The zero-order valence-electron chi connectivity index (χ0n) is 21.3. The Morgan fingerprint density at radius 3 is 2.62 bits per heavy atom. The van der Waals surface area contributed by atoms with Gasteiger partial charge in [-0.05, 0) is 85.9 Å². The monoisotopic (exact) mass is 497 g/mol. The first-order valence-electron chi connectivity index (χ1n) is 13.3. The van der Waals surface area contributed by atoms with E-state index in [0.29, 0.717) is 34.4 Å². The molecule has 6 rings (SSSR count). The quantitative estimate of drug-likeness (QED) is 0.302. The number of benzene rings is 2. The highest BCUT2D eigenvalue weighted by molar-refractivity contribution is 6.06. The second kappa shape index (κ2) is 9.33. The number of rotatable bonds is 7. The van der Waals surface area contributed by atoms with E-state index in [1.165, 1.54) is 25.3 Å². The zero-order valence-corrected chi connectivity index (χ0v) is 21.3. The first-order chi connectivity index (χ1) is 18.0. The third-order valence-electron chi connectivity index (χ3n) is 8.35. The van der Waals surface area contributed by atoms with Crippen LogP contribution in [0.5, 0.6) is 5.88 Å². The van der Waals surface area contributed by atoms with Gasteiger partial charge in [0.15, 0.2) is 0 Å². The van der Waals surface area contributed by atoms with Crippen LogP contribution in [0.1, 0.15) is 67.9 Å². The molecule has 6 heteroatoms. The van der Waals surface area contributed by atoms with Crippen molar-refractivity contribution in [3.63, 3.8) is 0 Å². The number of aromatic nitrogens is 2. The summed E-state index contributed by atoms with van der Waals surface area (Å²) in [6.45, 7) is 4.58. The van der Waals surface area contributed by atoms with E-state index in [1.807, 2.05) is 29.8 Å². The van der Waals surface area contributed by atoms with Crippen LogP contribution in [-0.4, -0.2) is 28.1 Å². The van der Waals surface area contributed by atoms with Crippen molar-refractivity contribution in [2.24, 2.45) is 5.41 Å². The normalized spacial score (nSPS) is 17.3. The van der Waals surface area contributed by atoms with E-state index in [9.17, 15) is 9.18 Å². The first-order valence-corrected chi connectivity index (χ1v) is 13.3. The van der Waals surface area contributed by atoms with Gasteiger partial charge in [-0.2, -0.15) is 0 Å². The predicted octanol–water partition coefficient (Wildman–Crippen LogP) is 6.91. The highest BCUT2D eigenvalue weighted by atomic mass is 19.1. The Morgan fingerprint density at radius 1 is 1.14 bits per heavy atom. The molecule has 2 aliphatic carbocycles. The van der Waals surface area contributed by atoms with Crippen molar-refractivity contribution in [2.45, 2.75) is 58.0 Å². The molecule has 0 aliphatic heterocycles. The Labute approximate surface area is 216 Å². The Hall–Kier alpha value is -3.67. The highest BCUT2D eigenvalue weighted by Crippen LogP contribution is 2.55. The van der Waals surface area contributed by atoms with Gasteiger partial charge in [0, 0.05) is 29.9 Å². The van der Waals surface area contributed by atoms with E-state index in [2.05, 4.69) is 41.5 Å². The number of hydrogen-bond acceptors (Lipinski definition) is 3. The molecule has 1 atom stereocenters. The number of pyridine rings is 1. The number of fused-ring (bicyclic) bond motifs is 1. The molecule has 1 spiro atoms. The number of ether oxygens (including phenoxy) is 1. The lowest BCUT2D eigenvalue weighted by Gasteiger charge is -2.54. The number of nitrogens with one attached hydrogen (secondary N) is 1. The minimum absolute atomic E-state index is 0.0849. The van der Waals surface area contributed by atoms with Crippen LogP contribution in [0.2, 0.25) is 0 Å². The van der Waals surface area contributed by atoms with Crippen LogP contribution < -0.4 is 10.1 Å². The SMILES string of the molecule is CCOc1cc(-c2ccc([C@H](C)n3ccc4c(F)ccc(C(=O)NC5CC6(CCC6)C5)c43)cc2)ccn1. The van der Waals surface area contributed by atoms with Gasteiger partial charge in [0.1, 0.15) is 5.82 Å². The van der Waals surface area contributed by atoms with Gasteiger partial charge in [0.05, 0.1) is 23.7 Å². The van der Waals surface area contributed by atoms with Gasteiger partial charge in [-0.15, -0.1) is 0 Å². The summed E-state index contributed by atoms with van der Waals surface area (Å²) < 4.78 is 22.3. The zero-order chi connectivity index (χ0) is 25.6. The second-order valence-corrected chi connectivity index (χ2v) is 10.6. The highest BCUT2D eigenvalue weighted by Gasteiger charge is 2.48. The Kier molecular flexibility index (Phi) is 5.98. The van der Waals surface area contributed by atoms with Gasteiger partial charge >= 0.3 is 0 Å². The van der Waals surface area contributed by atoms with Crippen molar-refractivity contribution in [3.05, 3.63) is 83.9 Å². The summed E-state index contributed by atoms with van der Waals surface area (Å²) in [5.74, 6) is 0.177. The third kappa shape index (κ3) is 4.28. The average molecular weight is 498 g/mol. The minimum Gasteiger partial charge on any atom is -0.478 e. The number of carbonyl (C=O) groups is 1. The molecular formula is C31H32FN3O2. The van der Waals surface area contributed by atoms with E-state index in [-0.39, 0.29) is 23.8 Å². The molecule has 2 saturated carbocycles. The van der Waals surface area contributed by atoms with Crippen molar-refractivity contribution in [1.82, 2.24) is 14.9 Å². The van der Waals surface area contributed by atoms with Gasteiger partial charge in [0.25, 0.3) is 5.91 Å². The third-order valence-corrected chi connectivity index (χ3v) is 8.35. The van der Waals surface area contributed by atoms with E-state index in [4.69, 9.17) is 4.74 Å². The van der Waals surface area contributed by atoms with Crippen LogP contribution in [0, 0.1) is 11.2 Å². The number of halogens is 1. The second-order valence-electron chi connectivity index (χ2n) is 10.6. The number of amides is 1. The summed E-state index contributed by atoms with van der Waals surface area (Å²) in [7, 11) is 0. The Bertz CT molecular complexity index is 1450. The largest absolute Gasteiger partial charge is 0.478 e. The molecule has 0 unspecified atom stereocenters. The van der Waals surface area contributed by atoms with Crippen LogP contribution in [0.15, 0.2) is 67.0 Å². The lowest BCUT2D eigenvalue weighted by molar-refractivity contribution is -0.000603. The number of carbonyl (C=O) groups excluding carboxylic acids is 1. The summed E-state index contributed by atoms with van der Waals surface area (Å²) >= 11 is 0. The topological polar surface area (TPSA) is 56.1 Å². The standard InChI is InChI=1S/C31H32FN3O2/c1-3-37-28-17-23(11-15-33-28)22-7-5-21(6-8-22)20(2)35-16-12-25-27(32)10-9-26(29(25)35)30(36)34-24-18-31(19-24)13-4-14-31/h5-12,15-17,20,24H,3-4,13-14,18-19H2,1-2H3,(H,34,36)/t20-/m0/s1. The molecular weight excluding hydrogens is 465 g/mol. The maximum absolute atomic E-state index is 14.8. The summed E-state index contributed by atoms with van der Waals surface area (Å²) in [5.41, 5.74) is 4.82. The van der Waals surface area contributed by atoms with Crippen molar-refractivity contribution in [3.8, 4) is 17.0 Å². The molecule has 0 bridgehead atoms. The fourth-order valence-corrected chi connectivity index (χ4v) is 6.12. The van der Waals surface area contributed by atoms with Gasteiger partial charge < -0.3 is 14.6 Å². The van der Waals surface area contributed by atoms with Gasteiger partial charge in [-0.1, -0.05) is 30.7 Å². The van der Waals surface area contributed by atoms with Crippen LogP contribution in [0.3, 0.4) is 0 Å². The minimum atomic E-state index is -0.312. The molecule has 2 aromatic carbocycles. The predicted molar refractivity (Wildman–Crippen MR) is 143 cm³/mol. The molecule has 0 saturated heterocycles. The van der Waals surface area contributed by atoms with Gasteiger partial charge in [-0.25, -0.2) is 9.37 Å². The molecule has 2 aliphatic rings. The molecule has 5 nitrogen and oxygen atoms in total. The molecule has 4 aromatic rings. The molecule has 1 N–H and O–H groups in total. The van der Waals surface area contributed by atoms with Crippen molar-refractivity contribution in [1.29, 1.82) is 0 Å². The van der Waals surface area contributed by atoms with Crippen molar-refractivity contribution < 1.29 is 13.9 Å². The number of hydrogen-bond donors (Lipinski definition) is 1. The molecule has 37 heavy (non-hydrogen) atoms. The first kappa shape index (κ1) is 23.7. The lowest BCUT2D eigenvalue weighted by Crippen LogP contribution is -2.53. The van der Waals surface area contributed by atoms with Crippen molar-refractivity contribution in [2.75, 3.05) is 6.61 Å². The van der Waals surface area contributed by atoms with E-state index in [0.717, 1.165) is 29.5 Å². The fourth-order valence-electron chi connectivity index (χ4n) is 6.12. The van der Waals surface area contributed by atoms with E-state index >= 15 is 0 Å². The molecule has 2 aromatic heterocycles. The molecule has 0 radical (unpaired) electrons. The lowest BCUT2D eigenvalue weighted by atomic mass is 9.54. The molecule has 2 heterocycles. The summed E-state index contributed by atoms with van der Waals surface area (Å²) in [6, 6.07) is 17.1. The maximum atomic E-state index is 14.8. The van der Waals surface area contributed by atoms with Crippen LogP contribution in [0.4, 0.5) is 4.39 Å². The van der Waals surface area contributed by atoms with Gasteiger partial charge in [0.2, 0.25) is 5.88 Å². The van der Waals surface area contributed by atoms with Crippen molar-refractivity contribution >= 4 is 16.8 Å². The Morgan fingerprint density at radius 2 is 1.92 bits per heavy atom. The molecule has 1 amide bonds. The van der Waals surface area contributed by atoms with E-state index in [1.54, 1.807) is 18.3 Å².